The maximum absolute atomic E-state index is 13.1. The maximum Gasteiger partial charge on any atom is 0.242 e. The first-order valence-corrected chi connectivity index (χ1v) is 11.5. The molecule has 0 aliphatic heterocycles. The van der Waals surface area contributed by atoms with Gasteiger partial charge < -0.3 is 10.1 Å². The molecular formula is C24H26N2O4S. The lowest BCUT2D eigenvalue weighted by Gasteiger charge is -2.19. The van der Waals surface area contributed by atoms with E-state index in [0.29, 0.717) is 23.6 Å². The second-order valence-corrected chi connectivity index (χ2v) is 8.79. The van der Waals surface area contributed by atoms with Crippen LogP contribution in [0, 0.1) is 6.92 Å². The van der Waals surface area contributed by atoms with Crippen LogP contribution in [0.3, 0.4) is 0 Å². The molecule has 0 saturated heterocycles. The van der Waals surface area contributed by atoms with E-state index in [9.17, 15) is 13.2 Å². The van der Waals surface area contributed by atoms with Crippen molar-refractivity contribution in [3.05, 3.63) is 90.0 Å². The van der Waals surface area contributed by atoms with Gasteiger partial charge in [0.05, 0.1) is 11.5 Å². The fourth-order valence-electron chi connectivity index (χ4n) is 3.15. The number of ether oxygens (including phenoxy) is 1. The zero-order valence-corrected chi connectivity index (χ0v) is 18.4. The Labute approximate surface area is 183 Å². The van der Waals surface area contributed by atoms with Gasteiger partial charge in [-0.25, -0.2) is 8.42 Å². The summed E-state index contributed by atoms with van der Waals surface area (Å²) < 4.78 is 34.2. The summed E-state index contributed by atoms with van der Waals surface area (Å²) in [5.41, 5.74) is 2.15. The van der Waals surface area contributed by atoms with E-state index < -0.39 is 22.0 Å². The van der Waals surface area contributed by atoms with E-state index in [1.165, 1.54) is 6.07 Å². The van der Waals surface area contributed by atoms with E-state index in [0.717, 1.165) is 5.56 Å². The highest BCUT2D eigenvalue weighted by molar-refractivity contribution is 7.89. The molecule has 3 aromatic carbocycles. The zero-order chi connectivity index (χ0) is 22.3. The number of aryl methyl sites for hydroxylation is 1. The zero-order valence-electron chi connectivity index (χ0n) is 17.5. The summed E-state index contributed by atoms with van der Waals surface area (Å²) in [6.07, 6.45) is 0.217. The van der Waals surface area contributed by atoms with Crippen molar-refractivity contribution in [2.75, 3.05) is 11.9 Å². The Balaban J connectivity index is 1.86. The highest BCUT2D eigenvalue weighted by atomic mass is 32.2. The molecule has 31 heavy (non-hydrogen) atoms. The predicted octanol–water partition coefficient (Wildman–Crippen LogP) is 3.92. The lowest BCUT2D eigenvalue weighted by Crippen LogP contribution is -2.45. The smallest absolute Gasteiger partial charge is 0.242 e. The molecule has 1 amide bonds. The minimum absolute atomic E-state index is 0.0824. The SMILES string of the molecule is CCOc1ccc(S(=O)(=O)NC(Cc2ccccc2)C(=O)Nc2ccccc2)cc1C. The molecule has 7 heteroatoms. The van der Waals surface area contributed by atoms with Crippen molar-refractivity contribution in [3.8, 4) is 5.75 Å². The van der Waals surface area contributed by atoms with Crippen molar-refractivity contribution in [2.45, 2.75) is 31.2 Å². The van der Waals surface area contributed by atoms with Crippen LogP contribution in [-0.4, -0.2) is 27.0 Å². The Morgan fingerprint density at radius 3 is 2.23 bits per heavy atom. The van der Waals surface area contributed by atoms with Gasteiger partial charge in [-0.2, -0.15) is 4.72 Å². The number of benzene rings is 3. The van der Waals surface area contributed by atoms with Crippen molar-refractivity contribution in [1.82, 2.24) is 4.72 Å². The molecule has 0 aliphatic rings. The Kier molecular flexibility index (Phi) is 7.44. The Hall–Kier alpha value is -3.16. The summed E-state index contributed by atoms with van der Waals surface area (Å²) in [5.74, 6) is 0.199. The summed E-state index contributed by atoms with van der Waals surface area (Å²) in [7, 11) is -3.94. The molecule has 6 nitrogen and oxygen atoms in total. The van der Waals surface area contributed by atoms with Gasteiger partial charge in [0.25, 0.3) is 0 Å². The van der Waals surface area contributed by atoms with Gasteiger partial charge in [-0.3, -0.25) is 4.79 Å². The fraction of sp³-hybridized carbons (Fsp3) is 0.208. The Morgan fingerprint density at radius 2 is 1.61 bits per heavy atom. The molecule has 2 N–H and O–H groups in total. The highest BCUT2D eigenvalue weighted by Crippen LogP contribution is 2.22. The van der Waals surface area contributed by atoms with Gasteiger partial charge in [0.15, 0.2) is 0 Å². The molecular weight excluding hydrogens is 412 g/mol. The number of anilines is 1. The second-order valence-electron chi connectivity index (χ2n) is 7.08. The van der Waals surface area contributed by atoms with Gasteiger partial charge in [-0.05, 0) is 61.7 Å². The maximum atomic E-state index is 13.1. The third kappa shape index (κ3) is 6.16. The van der Waals surface area contributed by atoms with Crippen LogP contribution in [0.15, 0.2) is 83.8 Å². The van der Waals surface area contributed by atoms with E-state index in [2.05, 4.69) is 10.0 Å². The van der Waals surface area contributed by atoms with Gasteiger partial charge in [0, 0.05) is 5.69 Å². The van der Waals surface area contributed by atoms with E-state index >= 15 is 0 Å². The molecule has 1 unspecified atom stereocenters. The molecule has 162 valence electrons. The third-order valence-corrected chi connectivity index (χ3v) is 6.16. The molecule has 0 bridgehead atoms. The number of carbonyl (C=O) groups excluding carboxylic acids is 1. The number of sulfonamides is 1. The quantitative estimate of drug-likeness (QED) is 0.530. The summed E-state index contributed by atoms with van der Waals surface area (Å²) in [6, 6.07) is 21.9. The van der Waals surface area contributed by atoms with Gasteiger partial charge in [-0.1, -0.05) is 48.5 Å². The lowest BCUT2D eigenvalue weighted by atomic mass is 10.1. The number of para-hydroxylation sites is 1. The van der Waals surface area contributed by atoms with Crippen LogP contribution in [0.4, 0.5) is 5.69 Å². The van der Waals surface area contributed by atoms with E-state index in [1.807, 2.05) is 43.3 Å². The summed E-state index contributed by atoms with van der Waals surface area (Å²) >= 11 is 0. The first-order valence-electron chi connectivity index (χ1n) is 10.0. The monoisotopic (exact) mass is 438 g/mol. The lowest BCUT2D eigenvalue weighted by molar-refractivity contribution is -0.117. The van der Waals surface area contributed by atoms with E-state index in [-0.39, 0.29) is 11.3 Å². The first-order chi connectivity index (χ1) is 14.9. The number of amides is 1. The normalized spacial score (nSPS) is 12.2. The Bertz CT molecular complexity index is 1120. The molecule has 0 fully saturated rings. The number of hydrogen-bond acceptors (Lipinski definition) is 4. The number of rotatable bonds is 9. The van der Waals surface area contributed by atoms with Crippen molar-refractivity contribution in [2.24, 2.45) is 0 Å². The molecule has 0 aliphatic carbocycles. The van der Waals surface area contributed by atoms with Crippen LogP contribution in [-0.2, 0) is 21.2 Å². The van der Waals surface area contributed by atoms with Crippen molar-refractivity contribution < 1.29 is 17.9 Å². The molecule has 3 aromatic rings. The van der Waals surface area contributed by atoms with Crippen LogP contribution < -0.4 is 14.8 Å². The molecule has 1 atom stereocenters. The van der Waals surface area contributed by atoms with Gasteiger partial charge in [0.1, 0.15) is 11.8 Å². The number of carbonyl (C=O) groups is 1. The van der Waals surface area contributed by atoms with Crippen molar-refractivity contribution >= 4 is 21.6 Å². The summed E-state index contributed by atoms with van der Waals surface area (Å²) in [6.45, 7) is 4.14. The molecule has 3 rings (SSSR count). The van der Waals surface area contributed by atoms with Gasteiger partial charge in [-0.15, -0.1) is 0 Å². The fourth-order valence-corrected chi connectivity index (χ4v) is 4.43. The standard InChI is InChI=1S/C24H26N2O4S/c1-3-30-23-15-14-21(16-18(23)2)31(28,29)26-22(17-19-10-6-4-7-11-19)24(27)25-20-12-8-5-9-13-20/h4-16,22,26H,3,17H2,1-2H3,(H,25,27). The average Bonchev–Trinajstić information content (AvgIpc) is 2.76. The summed E-state index contributed by atoms with van der Waals surface area (Å²) in [4.78, 5) is 13.1. The van der Waals surface area contributed by atoms with Crippen LogP contribution in [0.5, 0.6) is 5.75 Å². The molecule has 0 spiro atoms. The third-order valence-electron chi connectivity index (χ3n) is 4.69. The largest absolute Gasteiger partial charge is 0.494 e. The van der Waals surface area contributed by atoms with Gasteiger partial charge in [0.2, 0.25) is 15.9 Å². The van der Waals surface area contributed by atoms with Crippen molar-refractivity contribution in [3.63, 3.8) is 0 Å². The molecule has 0 heterocycles. The minimum atomic E-state index is -3.94. The van der Waals surface area contributed by atoms with Crippen molar-refractivity contribution in [1.29, 1.82) is 0 Å². The van der Waals surface area contributed by atoms with Crippen LogP contribution >= 0.6 is 0 Å². The van der Waals surface area contributed by atoms with Crippen LogP contribution in [0.2, 0.25) is 0 Å². The minimum Gasteiger partial charge on any atom is -0.494 e. The molecule has 0 saturated carbocycles. The van der Waals surface area contributed by atoms with E-state index in [4.69, 9.17) is 4.74 Å². The number of hydrogen-bond donors (Lipinski definition) is 2. The van der Waals surface area contributed by atoms with Crippen LogP contribution in [0.25, 0.3) is 0 Å². The molecule has 0 aromatic heterocycles. The molecule has 0 radical (unpaired) electrons. The number of nitrogens with one attached hydrogen (secondary N) is 2. The van der Waals surface area contributed by atoms with Gasteiger partial charge >= 0.3 is 0 Å². The van der Waals surface area contributed by atoms with Crippen LogP contribution in [0.1, 0.15) is 18.1 Å². The average molecular weight is 439 g/mol. The first kappa shape index (κ1) is 22.5. The van der Waals surface area contributed by atoms with E-state index in [1.54, 1.807) is 43.3 Å². The predicted molar refractivity (Wildman–Crippen MR) is 122 cm³/mol. The second kappa shape index (κ2) is 10.2. The highest BCUT2D eigenvalue weighted by Gasteiger charge is 2.26. The topological polar surface area (TPSA) is 84.5 Å². The summed E-state index contributed by atoms with van der Waals surface area (Å²) in [5, 5.41) is 2.79. The Morgan fingerprint density at radius 1 is 0.968 bits per heavy atom.